The normalized spacial score (nSPS) is 17.7. The molecule has 9 nitrogen and oxygen atoms in total. The molecule has 0 radical (unpaired) electrons. The minimum Gasteiger partial charge on any atom is -0.496 e. The molecule has 1 amide bonds. The number of rotatable bonds is 8. The molecule has 1 aliphatic carbocycles. The molecular weight excluding hydrogens is 493 g/mol. The number of halogens is 3. The zero-order valence-corrected chi connectivity index (χ0v) is 19.8. The number of carboxylic acids is 1. The molecule has 0 unspecified atom stereocenters. The van der Waals surface area contributed by atoms with E-state index in [0.717, 1.165) is 50.5 Å². The highest BCUT2D eigenvalue weighted by atomic mass is 19.4. The number of alkyl halides is 3. The second-order valence-electron chi connectivity index (χ2n) is 8.84. The Kier molecular flexibility index (Phi) is 7.65. The van der Waals surface area contributed by atoms with Crippen LogP contribution in [0.25, 0.3) is 0 Å². The van der Waals surface area contributed by atoms with Crippen LogP contribution in [0.2, 0.25) is 0 Å². The number of benzene rings is 2. The molecule has 4 rings (SSSR count). The number of hydrogen-bond acceptors (Lipinski definition) is 7. The monoisotopic (exact) mass is 518 g/mol. The van der Waals surface area contributed by atoms with Crippen molar-refractivity contribution >= 4 is 29.3 Å². The fourth-order valence-electron chi connectivity index (χ4n) is 4.47. The zero-order valence-electron chi connectivity index (χ0n) is 19.8. The molecule has 1 saturated carbocycles. The zero-order chi connectivity index (χ0) is 26.6. The number of nitrogens with zero attached hydrogens (tertiary/aromatic N) is 2. The summed E-state index contributed by atoms with van der Waals surface area (Å²) in [5.41, 5.74) is 0.672. The topological polar surface area (TPSA) is 127 Å². The Hall–Kier alpha value is -4.09. The van der Waals surface area contributed by atoms with Crippen LogP contribution in [0.4, 0.5) is 30.6 Å². The van der Waals surface area contributed by atoms with E-state index in [9.17, 15) is 22.8 Å². The van der Waals surface area contributed by atoms with Crippen LogP contribution in [-0.4, -0.2) is 34.3 Å². The number of amides is 1. The summed E-state index contributed by atoms with van der Waals surface area (Å²) >= 11 is 0. The van der Waals surface area contributed by atoms with Crippen LogP contribution in [0.3, 0.4) is 0 Å². The molecule has 2 aromatic carbocycles. The highest BCUT2D eigenvalue weighted by molar-refractivity contribution is 6.00. The lowest BCUT2D eigenvalue weighted by Gasteiger charge is -2.28. The van der Waals surface area contributed by atoms with Gasteiger partial charge in [0.25, 0.3) is 0 Å². The number of carbonyl (C=O) groups excluding carboxylic acids is 1. The second-order valence-corrected chi connectivity index (χ2v) is 8.84. The molecule has 37 heavy (non-hydrogen) atoms. The number of hydrogen-bond donors (Lipinski definition) is 3. The molecule has 196 valence electrons. The summed E-state index contributed by atoms with van der Waals surface area (Å²) in [4.78, 5) is 23.4. The number of methoxy groups -OCH3 is 1. The number of carbonyl (C=O) groups is 2. The fraction of sp³-hybridized carbons (Fsp3) is 0.360. The van der Waals surface area contributed by atoms with E-state index < -0.39 is 23.6 Å². The lowest BCUT2D eigenvalue weighted by atomic mass is 9.77. The summed E-state index contributed by atoms with van der Waals surface area (Å²) in [6, 6.07) is 10.4. The predicted octanol–water partition coefficient (Wildman–Crippen LogP) is 5.84. The average molecular weight is 518 g/mol. The molecular formula is C25H25F3N4O5. The number of ether oxygens (including phenoxy) is 1. The maximum atomic E-state index is 13.2. The van der Waals surface area contributed by atoms with Crippen molar-refractivity contribution in [3.63, 3.8) is 0 Å². The van der Waals surface area contributed by atoms with E-state index in [4.69, 9.17) is 14.3 Å². The third-order valence-corrected chi connectivity index (χ3v) is 6.33. The van der Waals surface area contributed by atoms with Gasteiger partial charge in [0.05, 0.1) is 12.7 Å². The van der Waals surface area contributed by atoms with Crippen LogP contribution in [0.1, 0.15) is 59.8 Å². The van der Waals surface area contributed by atoms with Gasteiger partial charge in [-0.15, -0.1) is 5.10 Å². The van der Waals surface area contributed by atoms with Gasteiger partial charge in [0.15, 0.2) is 0 Å². The van der Waals surface area contributed by atoms with E-state index in [1.165, 1.54) is 6.07 Å². The van der Waals surface area contributed by atoms with Gasteiger partial charge in [-0.05, 0) is 73.4 Å². The summed E-state index contributed by atoms with van der Waals surface area (Å²) in [6.07, 6.45) is -0.842. The largest absolute Gasteiger partial charge is 0.496 e. The summed E-state index contributed by atoms with van der Waals surface area (Å²) in [7, 11) is 1.14. The van der Waals surface area contributed by atoms with E-state index >= 15 is 0 Å². The molecule has 1 fully saturated rings. The summed E-state index contributed by atoms with van der Waals surface area (Å²) < 4.78 is 49.7. The molecule has 0 aliphatic heterocycles. The van der Waals surface area contributed by atoms with Gasteiger partial charge in [0.1, 0.15) is 5.75 Å². The summed E-state index contributed by atoms with van der Waals surface area (Å²) in [6.45, 7) is 0. The first-order valence-electron chi connectivity index (χ1n) is 11.6. The van der Waals surface area contributed by atoms with E-state index in [0.29, 0.717) is 11.6 Å². The fourth-order valence-corrected chi connectivity index (χ4v) is 4.47. The second kappa shape index (κ2) is 10.9. The molecule has 0 saturated heterocycles. The third-order valence-electron chi connectivity index (χ3n) is 6.33. The van der Waals surface area contributed by atoms with Crippen molar-refractivity contribution in [2.24, 2.45) is 5.92 Å². The first-order chi connectivity index (χ1) is 17.6. The average Bonchev–Trinajstić information content (AvgIpc) is 3.33. The van der Waals surface area contributed by atoms with Crippen LogP contribution < -0.4 is 15.4 Å². The van der Waals surface area contributed by atoms with Crippen molar-refractivity contribution in [1.82, 2.24) is 10.2 Å². The Morgan fingerprint density at radius 3 is 2.35 bits per heavy atom. The van der Waals surface area contributed by atoms with Gasteiger partial charge in [-0.1, -0.05) is 17.2 Å². The molecule has 3 aromatic rings. The number of aliphatic carboxylic acids is 1. The van der Waals surface area contributed by atoms with Crippen molar-refractivity contribution in [1.29, 1.82) is 0 Å². The van der Waals surface area contributed by atoms with Gasteiger partial charge in [-0.25, -0.2) is 0 Å². The molecule has 0 atom stereocenters. The number of anilines is 3. The van der Waals surface area contributed by atoms with Crippen LogP contribution in [0.5, 0.6) is 5.75 Å². The van der Waals surface area contributed by atoms with Crippen molar-refractivity contribution in [3.8, 4) is 5.75 Å². The molecule has 0 bridgehead atoms. The lowest BCUT2D eigenvalue weighted by Crippen LogP contribution is -2.16. The first kappa shape index (κ1) is 26.0. The van der Waals surface area contributed by atoms with Gasteiger partial charge in [-0.2, -0.15) is 13.2 Å². The van der Waals surface area contributed by atoms with E-state index in [-0.39, 0.29) is 35.7 Å². The molecule has 1 aliphatic rings. The Morgan fingerprint density at radius 2 is 1.73 bits per heavy atom. The van der Waals surface area contributed by atoms with E-state index in [1.807, 2.05) is 12.1 Å². The van der Waals surface area contributed by atoms with Gasteiger partial charge in [0.2, 0.25) is 0 Å². The van der Waals surface area contributed by atoms with Crippen LogP contribution in [0, 0.1) is 5.92 Å². The van der Waals surface area contributed by atoms with Gasteiger partial charge < -0.3 is 24.9 Å². The van der Waals surface area contributed by atoms with Crippen LogP contribution in [0.15, 0.2) is 46.9 Å². The molecule has 0 spiro atoms. The summed E-state index contributed by atoms with van der Waals surface area (Å²) in [5, 5.41) is 21.5. The Balaban J connectivity index is 1.34. The van der Waals surface area contributed by atoms with Crippen molar-refractivity contribution in [2.45, 2.75) is 44.2 Å². The van der Waals surface area contributed by atoms with Crippen LogP contribution in [-0.2, 0) is 11.0 Å². The highest BCUT2D eigenvalue weighted by Crippen LogP contribution is 2.39. The SMILES string of the molecule is COc1ccc(Nc2nnc(C(=O)Nc3ccc(C4CCC(CC(=O)O)CC4)cc3)o2)cc1C(F)(F)F. The third kappa shape index (κ3) is 6.57. The predicted molar refractivity (Wildman–Crippen MR) is 127 cm³/mol. The quantitative estimate of drug-likeness (QED) is 0.339. The lowest BCUT2D eigenvalue weighted by molar-refractivity contribution is -0.139. The Labute approximate surface area is 210 Å². The maximum Gasteiger partial charge on any atom is 0.420 e. The first-order valence-corrected chi connectivity index (χ1v) is 11.6. The smallest absolute Gasteiger partial charge is 0.420 e. The van der Waals surface area contributed by atoms with Crippen molar-refractivity contribution in [2.75, 3.05) is 17.7 Å². The number of aromatic nitrogens is 2. The van der Waals surface area contributed by atoms with E-state index in [2.05, 4.69) is 20.8 Å². The highest BCUT2D eigenvalue weighted by Gasteiger charge is 2.34. The van der Waals surface area contributed by atoms with Gasteiger partial charge >= 0.3 is 30.0 Å². The molecule has 1 heterocycles. The Morgan fingerprint density at radius 1 is 1.05 bits per heavy atom. The number of carboxylic acid groups (broad SMARTS) is 1. The molecule has 12 heteroatoms. The minimum absolute atomic E-state index is 0.0244. The van der Waals surface area contributed by atoms with Gasteiger partial charge in [-0.3, -0.25) is 9.59 Å². The van der Waals surface area contributed by atoms with E-state index in [1.54, 1.807) is 12.1 Å². The van der Waals surface area contributed by atoms with Crippen molar-refractivity contribution < 1.29 is 37.0 Å². The maximum absolute atomic E-state index is 13.2. The molecule has 1 aromatic heterocycles. The Bertz CT molecular complexity index is 1250. The van der Waals surface area contributed by atoms with Crippen molar-refractivity contribution in [3.05, 3.63) is 59.5 Å². The van der Waals surface area contributed by atoms with Crippen LogP contribution >= 0.6 is 0 Å². The molecule has 3 N–H and O–H groups in total. The standard InChI is InChI=1S/C25H25F3N4O5/c1-36-20-11-10-18(13-19(20)25(26,27)28)30-24-32-31-23(37-24)22(35)29-17-8-6-16(7-9-17)15-4-2-14(3-5-15)12-21(33)34/h6-11,13-15H,2-5,12H2,1H3,(H,29,35)(H,30,32)(H,33,34). The van der Waals surface area contributed by atoms with Gasteiger partial charge in [0, 0.05) is 17.8 Å². The minimum atomic E-state index is -4.63. The number of nitrogens with one attached hydrogen (secondary N) is 2. The summed E-state index contributed by atoms with van der Waals surface area (Å²) in [5.74, 6) is -1.57.